The van der Waals surface area contributed by atoms with E-state index in [-0.39, 0.29) is 6.10 Å². The molecule has 70 valence electrons. The Hall–Kier alpha value is -0.600. The van der Waals surface area contributed by atoms with E-state index in [9.17, 15) is 4.91 Å². The molecule has 0 aliphatic heterocycles. The van der Waals surface area contributed by atoms with Crippen molar-refractivity contribution in [2.45, 2.75) is 46.1 Å². The van der Waals surface area contributed by atoms with Crippen LogP contribution < -0.4 is 0 Å². The molecule has 0 unspecified atom stereocenters. The van der Waals surface area contributed by atoms with Gasteiger partial charge in [-0.2, -0.15) is 0 Å². The molecule has 2 atom stereocenters. The third kappa shape index (κ3) is 2.47. The van der Waals surface area contributed by atoms with Crippen molar-refractivity contribution in [1.29, 1.82) is 0 Å². The van der Waals surface area contributed by atoms with Crippen LogP contribution in [0.4, 0.5) is 0 Å². The summed E-state index contributed by atoms with van der Waals surface area (Å²) in [6.07, 6.45) is 3.17. The van der Waals surface area contributed by atoms with Crippen LogP contribution in [0.15, 0.2) is 5.34 Å². The predicted molar refractivity (Wildman–Crippen MR) is 47.5 cm³/mol. The van der Waals surface area contributed by atoms with Gasteiger partial charge < -0.3 is 4.84 Å². The first-order chi connectivity index (χ1) is 5.53. The van der Waals surface area contributed by atoms with Crippen molar-refractivity contribution >= 4 is 0 Å². The van der Waals surface area contributed by atoms with Crippen LogP contribution in [0, 0.1) is 16.2 Å². The summed E-state index contributed by atoms with van der Waals surface area (Å²) in [5, 5.41) is 2.51. The van der Waals surface area contributed by atoms with Gasteiger partial charge in [0.2, 0.25) is 0 Å². The van der Waals surface area contributed by atoms with Gasteiger partial charge in [-0.25, -0.2) is 0 Å². The van der Waals surface area contributed by atoms with E-state index < -0.39 is 0 Å². The molecule has 0 radical (unpaired) electrons. The molecule has 1 aliphatic rings. The van der Waals surface area contributed by atoms with Crippen LogP contribution in [0.2, 0.25) is 0 Å². The first-order valence-electron chi connectivity index (χ1n) is 4.52. The first-order valence-corrected chi connectivity index (χ1v) is 4.52. The summed E-state index contributed by atoms with van der Waals surface area (Å²) in [6, 6.07) is 0. The van der Waals surface area contributed by atoms with E-state index in [1.165, 1.54) is 6.42 Å². The van der Waals surface area contributed by atoms with Crippen molar-refractivity contribution in [2.24, 2.45) is 16.7 Å². The minimum Gasteiger partial charge on any atom is -0.361 e. The van der Waals surface area contributed by atoms with Gasteiger partial charge in [-0.1, -0.05) is 20.8 Å². The second-order valence-electron chi connectivity index (χ2n) is 4.72. The number of hydrogen-bond acceptors (Lipinski definition) is 3. The molecule has 3 heteroatoms. The summed E-state index contributed by atoms with van der Waals surface area (Å²) < 4.78 is 0. The molecule has 0 aromatic heterocycles. The molecule has 0 aromatic rings. The molecule has 1 saturated carbocycles. The summed E-state index contributed by atoms with van der Waals surface area (Å²) >= 11 is 0. The lowest BCUT2D eigenvalue weighted by Crippen LogP contribution is -2.31. The van der Waals surface area contributed by atoms with Crippen LogP contribution in [0.3, 0.4) is 0 Å². The maximum atomic E-state index is 9.92. The normalized spacial score (nSPS) is 34.2. The Morgan fingerprint density at radius 3 is 2.58 bits per heavy atom. The van der Waals surface area contributed by atoms with Crippen LogP contribution in [0.25, 0.3) is 0 Å². The molecule has 0 saturated heterocycles. The molecule has 1 fully saturated rings. The Bertz CT molecular complexity index is 168. The largest absolute Gasteiger partial charge is 0.361 e. The van der Waals surface area contributed by atoms with E-state index in [1.807, 2.05) is 0 Å². The summed E-state index contributed by atoms with van der Waals surface area (Å²) in [5.74, 6) is 0.639. The first kappa shape index (κ1) is 9.49. The fourth-order valence-corrected chi connectivity index (χ4v) is 2.40. The summed E-state index contributed by atoms with van der Waals surface area (Å²) in [5.41, 5.74) is 0.299. The van der Waals surface area contributed by atoms with Crippen molar-refractivity contribution in [3.63, 3.8) is 0 Å². The van der Waals surface area contributed by atoms with Crippen LogP contribution in [-0.2, 0) is 4.84 Å². The number of rotatable bonds is 2. The molecule has 0 amide bonds. The van der Waals surface area contributed by atoms with Gasteiger partial charge >= 0.3 is 0 Å². The molecule has 3 nitrogen and oxygen atoms in total. The third-order valence-electron chi connectivity index (χ3n) is 2.54. The van der Waals surface area contributed by atoms with E-state index in [0.717, 1.165) is 12.8 Å². The van der Waals surface area contributed by atoms with E-state index >= 15 is 0 Å². The van der Waals surface area contributed by atoms with Gasteiger partial charge in [-0.15, -0.1) is 4.91 Å². The fraction of sp³-hybridized carbons (Fsp3) is 1.00. The molecule has 0 N–H and O–H groups in total. The molecular weight excluding hydrogens is 154 g/mol. The quantitative estimate of drug-likeness (QED) is 0.473. The highest BCUT2D eigenvalue weighted by Crippen LogP contribution is 2.39. The standard InChI is InChI=1S/C9H17NO2/c1-7-4-8(12-10-11)6-9(2,3)5-7/h7-8H,4-6H2,1-3H3/t7-,8-/m0/s1. The average Bonchev–Trinajstić information content (AvgIpc) is 1.82. The Morgan fingerprint density at radius 1 is 1.42 bits per heavy atom. The molecule has 0 aromatic carbocycles. The Morgan fingerprint density at radius 2 is 2.08 bits per heavy atom. The molecule has 0 bridgehead atoms. The zero-order valence-corrected chi connectivity index (χ0v) is 8.04. The van der Waals surface area contributed by atoms with Crippen LogP contribution >= 0.6 is 0 Å². The zero-order chi connectivity index (χ0) is 9.19. The summed E-state index contributed by atoms with van der Waals surface area (Å²) in [4.78, 5) is 14.7. The van der Waals surface area contributed by atoms with E-state index in [0.29, 0.717) is 11.3 Å². The van der Waals surface area contributed by atoms with E-state index in [1.54, 1.807) is 0 Å². The highest BCUT2D eigenvalue weighted by atomic mass is 16.7. The van der Waals surface area contributed by atoms with Gasteiger partial charge in [0.1, 0.15) is 6.10 Å². The highest BCUT2D eigenvalue weighted by Gasteiger charge is 2.33. The molecule has 0 heterocycles. The van der Waals surface area contributed by atoms with E-state index in [4.69, 9.17) is 4.84 Å². The second kappa shape index (κ2) is 3.42. The fourth-order valence-electron chi connectivity index (χ4n) is 2.40. The molecular formula is C9H17NO2. The Labute approximate surface area is 73.4 Å². The van der Waals surface area contributed by atoms with Gasteiger partial charge in [0, 0.05) is 0 Å². The maximum absolute atomic E-state index is 9.92. The topological polar surface area (TPSA) is 38.7 Å². The minimum absolute atomic E-state index is 0.0428. The second-order valence-corrected chi connectivity index (χ2v) is 4.72. The lowest BCUT2D eigenvalue weighted by Gasteiger charge is -2.36. The van der Waals surface area contributed by atoms with Crippen molar-refractivity contribution < 1.29 is 4.84 Å². The minimum atomic E-state index is 0.0428. The van der Waals surface area contributed by atoms with Crippen molar-refractivity contribution in [1.82, 2.24) is 0 Å². The summed E-state index contributed by atoms with van der Waals surface area (Å²) in [6.45, 7) is 6.62. The van der Waals surface area contributed by atoms with Crippen LogP contribution in [-0.4, -0.2) is 6.10 Å². The Balaban J connectivity index is 2.51. The van der Waals surface area contributed by atoms with Crippen LogP contribution in [0.5, 0.6) is 0 Å². The lowest BCUT2D eigenvalue weighted by atomic mass is 9.71. The molecule has 1 rings (SSSR count). The third-order valence-corrected chi connectivity index (χ3v) is 2.54. The lowest BCUT2D eigenvalue weighted by molar-refractivity contribution is -0.0227. The van der Waals surface area contributed by atoms with Crippen molar-refractivity contribution in [2.75, 3.05) is 0 Å². The van der Waals surface area contributed by atoms with Gasteiger partial charge in [0.05, 0.1) is 0 Å². The average molecular weight is 171 g/mol. The van der Waals surface area contributed by atoms with E-state index in [2.05, 4.69) is 26.1 Å². The Kier molecular flexibility index (Phi) is 2.70. The van der Waals surface area contributed by atoms with Crippen molar-refractivity contribution in [3.8, 4) is 0 Å². The number of hydrogen-bond donors (Lipinski definition) is 0. The maximum Gasteiger partial charge on any atom is 0.155 e. The monoisotopic (exact) mass is 171 g/mol. The smallest absolute Gasteiger partial charge is 0.155 e. The van der Waals surface area contributed by atoms with Crippen molar-refractivity contribution in [3.05, 3.63) is 4.91 Å². The molecule has 0 spiro atoms. The predicted octanol–water partition coefficient (Wildman–Crippen LogP) is 2.90. The SMILES string of the molecule is C[C@H]1C[C@H](ON=O)CC(C)(C)C1. The molecule has 12 heavy (non-hydrogen) atoms. The highest BCUT2D eigenvalue weighted by molar-refractivity contribution is 4.82. The summed E-state index contributed by atoms with van der Waals surface area (Å²) in [7, 11) is 0. The van der Waals surface area contributed by atoms with Crippen LogP contribution in [0.1, 0.15) is 40.0 Å². The zero-order valence-electron chi connectivity index (χ0n) is 8.04. The van der Waals surface area contributed by atoms with Gasteiger partial charge in [-0.05, 0) is 30.6 Å². The van der Waals surface area contributed by atoms with Gasteiger partial charge in [0.25, 0.3) is 0 Å². The van der Waals surface area contributed by atoms with Gasteiger partial charge in [-0.3, -0.25) is 0 Å². The van der Waals surface area contributed by atoms with Gasteiger partial charge in [0.15, 0.2) is 5.34 Å². The molecule has 1 aliphatic carbocycles. The number of nitrogens with zero attached hydrogens (tertiary/aromatic N) is 1.